The fourth-order valence-electron chi connectivity index (χ4n) is 4.27. The van der Waals surface area contributed by atoms with Crippen LogP contribution in [0.5, 0.6) is 0 Å². The Bertz CT molecular complexity index is 791. The largest absolute Gasteiger partial charge is 0.478 e. The number of rotatable bonds is 6. The third kappa shape index (κ3) is 4.37. The maximum absolute atomic E-state index is 15.2. The summed E-state index contributed by atoms with van der Waals surface area (Å²) in [4.78, 5) is 11.4. The monoisotopic (exact) mass is 372 g/mol. The second-order valence-electron chi connectivity index (χ2n) is 7.56. The van der Waals surface area contributed by atoms with Crippen molar-refractivity contribution in [3.63, 3.8) is 0 Å². The highest BCUT2D eigenvalue weighted by molar-refractivity contribution is 5.89. The second kappa shape index (κ2) is 8.64. The van der Waals surface area contributed by atoms with Crippen LogP contribution in [0.1, 0.15) is 73.7 Å². The molecule has 0 spiro atoms. The van der Waals surface area contributed by atoms with Gasteiger partial charge < -0.3 is 5.11 Å². The van der Waals surface area contributed by atoms with Crippen LogP contribution in [-0.4, -0.2) is 11.1 Å². The molecular weight excluding hydrogens is 346 g/mol. The van der Waals surface area contributed by atoms with E-state index in [2.05, 4.69) is 6.92 Å². The smallest absolute Gasteiger partial charge is 0.338 e. The van der Waals surface area contributed by atoms with Gasteiger partial charge in [-0.1, -0.05) is 44.4 Å². The first-order chi connectivity index (χ1) is 13.0. The molecular formula is C23H26F2O2. The van der Waals surface area contributed by atoms with Gasteiger partial charge in [-0.3, -0.25) is 0 Å². The van der Waals surface area contributed by atoms with Gasteiger partial charge >= 0.3 is 5.97 Å². The van der Waals surface area contributed by atoms with Crippen molar-refractivity contribution in [1.29, 1.82) is 0 Å². The predicted molar refractivity (Wildman–Crippen MR) is 103 cm³/mol. The number of halogens is 2. The van der Waals surface area contributed by atoms with E-state index in [0.717, 1.165) is 31.2 Å². The summed E-state index contributed by atoms with van der Waals surface area (Å²) in [6.07, 6.45) is 7.44. The van der Waals surface area contributed by atoms with Gasteiger partial charge in [0.05, 0.1) is 5.56 Å². The van der Waals surface area contributed by atoms with E-state index in [1.165, 1.54) is 37.5 Å². The van der Waals surface area contributed by atoms with Gasteiger partial charge in [0.15, 0.2) is 0 Å². The molecule has 3 rings (SSSR count). The third-order valence-corrected chi connectivity index (χ3v) is 5.79. The molecule has 0 radical (unpaired) electrons. The van der Waals surface area contributed by atoms with Gasteiger partial charge in [-0.25, -0.2) is 13.6 Å². The molecule has 1 aliphatic carbocycles. The van der Waals surface area contributed by atoms with Crippen LogP contribution in [0.2, 0.25) is 0 Å². The molecule has 27 heavy (non-hydrogen) atoms. The number of hydrogen-bond donors (Lipinski definition) is 1. The van der Waals surface area contributed by atoms with Gasteiger partial charge in [0.1, 0.15) is 11.6 Å². The van der Waals surface area contributed by atoms with Gasteiger partial charge in [0.25, 0.3) is 0 Å². The lowest BCUT2D eigenvalue weighted by Crippen LogP contribution is -2.16. The Labute approximate surface area is 159 Å². The van der Waals surface area contributed by atoms with Crippen molar-refractivity contribution in [3.05, 3.63) is 59.2 Å². The summed E-state index contributed by atoms with van der Waals surface area (Å²) in [7, 11) is 0. The van der Waals surface area contributed by atoms with E-state index in [-0.39, 0.29) is 17.3 Å². The summed E-state index contributed by atoms with van der Waals surface area (Å²) in [5, 5.41) is 9.34. The lowest BCUT2D eigenvalue weighted by molar-refractivity contribution is 0.0691. The van der Waals surface area contributed by atoms with Crippen molar-refractivity contribution in [2.24, 2.45) is 5.92 Å². The van der Waals surface area contributed by atoms with Crippen LogP contribution in [0.25, 0.3) is 11.1 Å². The summed E-state index contributed by atoms with van der Waals surface area (Å²) >= 11 is 0. The number of carboxylic acid groups (broad SMARTS) is 1. The van der Waals surface area contributed by atoms with Crippen LogP contribution in [0.15, 0.2) is 36.4 Å². The minimum atomic E-state index is -1.25. The maximum Gasteiger partial charge on any atom is 0.338 e. The maximum atomic E-state index is 15.2. The quantitative estimate of drug-likeness (QED) is 0.606. The zero-order valence-electron chi connectivity index (χ0n) is 15.7. The van der Waals surface area contributed by atoms with Crippen molar-refractivity contribution in [2.45, 2.75) is 57.8 Å². The Balaban J connectivity index is 1.95. The summed E-state index contributed by atoms with van der Waals surface area (Å²) in [5.41, 5.74) is 1.59. The van der Waals surface area contributed by atoms with Crippen molar-refractivity contribution in [3.8, 4) is 11.1 Å². The molecule has 1 N–H and O–H groups in total. The molecule has 144 valence electrons. The Morgan fingerprint density at radius 1 is 1.04 bits per heavy atom. The highest BCUT2D eigenvalue weighted by Crippen LogP contribution is 2.43. The fourth-order valence-corrected chi connectivity index (χ4v) is 4.27. The topological polar surface area (TPSA) is 37.3 Å². The standard InChI is InChI=1S/C23H26F2O2/c1-2-3-4-15-5-7-17(8-6-15)21-19(16-9-11-18(24)12-10-16)13-14-20(22(21)25)23(26)27/h9-15,17H,2-8H2,1H3,(H,26,27)/t15-,17-. The molecule has 0 heterocycles. The second-order valence-corrected chi connectivity index (χ2v) is 7.56. The van der Waals surface area contributed by atoms with Crippen molar-refractivity contribution < 1.29 is 18.7 Å². The molecule has 0 atom stereocenters. The van der Waals surface area contributed by atoms with Crippen LogP contribution >= 0.6 is 0 Å². The van der Waals surface area contributed by atoms with E-state index in [1.54, 1.807) is 18.2 Å². The van der Waals surface area contributed by atoms with Crippen LogP contribution in [0.4, 0.5) is 8.78 Å². The number of unbranched alkanes of at least 4 members (excludes halogenated alkanes) is 1. The first-order valence-corrected chi connectivity index (χ1v) is 9.82. The highest BCUT2D eigenvalue weighted by Gasteiger charge is 2.29. The molecule has 0 aromatic heterocycles. The molecule has 0 unspecified atom stereocenters. The Morgan fingerprint density at radius 3 is 2.30 bits per heavy atom. The zero-order chi connectivity index (χ0) is 19.4. The van der Waals surface area contributed by atoms with E-state index in [9.17, 15) is 14.3 Å². The third-order valence-electron chi connectivity index (χ3n) is 5.79. The van der Waals surface area contributed by atoms with Gasteiger partial charge in [0.2, 0.25) is 0 Å². The van der Waals surface area contributed by atoms with E-state index >= 15 is 4.39 Å². The van der Waals surface area contributed by atoms with E-state index in [4.69, 9.17) is 0 Å². The average Bonchev–Trinajstić information content (AvgIpc) is 2.67. The first-order valence-electron chi connectivity index (χ1n) is 9.82. The van der Waals surface area contributed by atoms with E-state index in [0.29, 0.717) is 17.0 Å². The number of aromatic carboxylic acids is 1. The minimum Gasteiger partial charge on any atom is -0.478 e. The first kappa shape index (κ1) is 19.5. The molecule has 2 aromatic rings. The number of carboxylic acids is 1. The van der Waals surface area contributed by atoms with Crippen molar-refractivity contribution in [1.82, 2.24) is 0 Å². The van der Waals surface area contributed by atoms with Crippen LogP contribution in [0, 0.1) is 17.6 Å². The van der Waals surface area contributed by atoms with Gasteiger partial charge in [-0.15, -0.1) is 0 Å². The number of carbonyl (C=O) groups is 1. The molecule has 2 nitrogen and oxygen atoms in total. The lowest BCUT2D eigenvalue weighted by Gasteiger charge is -2.30. The summed E-state index contributed by atoms with van der Waals surface area (Å²) in [5.74, 6) is -1.56. The SMILES string of the molecule is CCCC[C@H]1CC[C@H](c2c(-c3ccc(F)cc3)ccc(C(=O)O)c2F)CC1. The normalized spacial score (nSPS) is 19.8. The molecule has 0 amide bonds. The Kier molecular flexibility index (Phi) is 6.25. The molecule has 2 aromatic carbocycles. The summed E-state index contributed by atoms with van der Waals surface area (Å²) in [6, 6.07) is 8.93. The molecule has 0 aliphatic heterocycles. The molecule has 1 saturated carbocycles. The molecule has 0 bridgehead atoms. The van der Waals surface area contributed by atoms with Crippen LogP contribution in [-0.2, 0) is 0 Å². The molecule has 1 fully saturated rings. The average molecular weight is 372 g/mol. The fraction of sp³-hybridized carbons (Fsp3) is 0.435. The van der Waals surface area contributed by atoms with Gasteiger partial charge in [-0.2, -0.15) is 0 Å². The number of benzene rings is 2. The van der Waals surface area contributed by atoms with Gasteiger partial charge in [0, 0.05) is 0 Å². The molecule has 1 aliphatic rings. The van der Waals surface area contributed by atoms with E-state index < -0.39 is 11.8 Å². The van der Waals surface area contributed by atoms with Crippen LogP contribution in [0.3, 0.4) is 0 Å². The van der Waals surface area contributed by atoms with Gasteiger partial charge in [-0.05, 0) is 72.4 Å². The van der Waals surface area contributed by atoms with Crippen molar-refractivity contribution >= 4 is 5.97 Å². The zero-order valence-corrected chi connectivity index (χ0v) is 15.7. The molecule has 0 saturated heterocycles. The van der Waals surface area contributed by atoms with E-state index in [1.807, 2.05) is 0 Å². The minimum absolute atomic E-state index is 0.00206. The highest BCUT2D eigenvalue weighted by atomic mass is 19.1. The molecule has 4 heteroatoms. The Hall–Kier alpha value is -2.23. The number of hydrogen-bond acceptors (Lipinski definition) is 1. The summed E-state index contributed by atoms with van der Waals surface area (Å²) < 4.78 is 28.5. The Morgan fingerprint density at radius 2 is 1.70 bits per heavy atom. The lowest BCUT2D eigenvalue weighted by atomic mass is 9.75. The van der Waals surface area contributed by atoms with Crippen molar-refractivity contribution in [2.75, 3.05) is 0 Å². The summed E-state index contributed by atoms with van der Waals surface area (Å²) in [6.45, 7) is 2.19. The van der Waals surface area contributed by atoms with Crippen LogP contribution < -0.4 is 0 Å². The predicted octanol–water partition coefficient (Wildman–Crippen LogP) is 6.79.